The van der Waals surface area contributed by atoms with Crippen molar-refractivity contribution in [3.8, 4) is 5.75 Å². The zero-order chi connectivity index (χ0) is 16.4. The lowest BCUT2D eigenvalue weighted by molar-refractivity contribution is -0.134. The van der Waals surface area contributed by atoms with Crippen LogP contribution in [0.3, 0.4) is 0 Å². The van der Waals surface area contributed by atoms with Gasteiger partial charge >= 0.3 is 0 Å². The van der Waals surface area contributed by atoms with Crippen molar-refractivity contribution in [1.29, 1.82) is 0 Å². The number of piperidine rings is 2. The lowest BCUT2D eigenvalue weighted by Gasteiger charge is -2.41. The SMILES string of the molecule is O=C(C1CC1)N1CCC(N2CCC(Oc3ccncc3)CC2)CC1. The Bertz CT molecular complexity index is 545. The van der Waals surface area contributed by atoms with Crippen molar-refractivity contribution in [2.24, 2.45) is 5.92 Å². The molecule has 130 valence electrons. The van der Waals surface area contributed by atoms with Crippen LogP contribution >= 0.6 is 0 Å². The summed E-state index contributed by atoms with van der Waals surface area (Å²) in [6.45, 7) is 4.12. The molecule has 2 aliphatic heterocycles. The van der Waals surface area contributed by atoms with Crippen LogP contribution in [-0.2, 0) is 4.79 Å². The standard InChI is InChI=1S/C19H27N3O2/c23-19(15-1-2-15)22-11-5-16(6-12-22)21-13-7-18(8-14-21)24-17-3-9-20-10-4-17/h3-4,9-10,15-16,18H,1-2,5-8,11-14H2. The molecule has 1 saturated carbocycles. The van der Waals surface area contributed by atoms with Crippen LogP contribution in [-0.4, -0.2) is 59.0 Å². The van der Waals surface area contributed by atoms with E-state index in [1.54, 1.807) is 12.4 Å². The Morgan fingerprint density at radius 3 is 2.25 bits per heavy atom. The van der Waals surface area contributed by atoms with Crippen molar-refractivity contribution in [2.45, 2.75) is 50.7 Å². The summed E-state index contributed by atoms with van der Waals surface area (Å²) in [7, 11) is 0. The molecule has 3 aliphatic rings. The Hall–Kier alpha value is -1.62. The first kappa shape index (κ1) is 15.9. The van der Waals surface area contributed by atoms with E-state index in [0.29, 0.717) is 24.0 Å². The number of aromatic nitrogens is 1. The van der Waals surface area contributed by atoms with Crippen LogP contribution in [0.2, 0.25) is 0 Å². The highest BCUT2D eigenvalue weighted by atomic mass is 16.5. The number of pyridine rings is 1. The summed E-state index contributed by atoms with van der Waals surface area (Å²) < 4.78 is 6.05. The van der Waals surface area contributed by atoms with E-state index in [1.165, 1.54) is 0 Å². The Morgan fingerprint density at radius 1 is 0.958 bits per heavy atom. The van der Waals surface area contributed by atoms with Gasteiger partial charge in [0.05, 0.1) is 0 Å². The molecule has 5 heteroatoms. The summed E-state index contributed by atoms with van der Waals surface area (Å²) >= 11 is 0. The molecule has 1 aromatic rings. The molecule has 1 aliphatic carbocycles. The first-order valence-corrected chi connectivity index (χ1v) is 9.39. The molecule has 0 spiro atoms. The van der Waals surface area contributed by atoms with E-state index in [9.17, 15) is 4.79 Å². The Morgan fingerprint density at radius 2 is 1.62 bits per heavy atom. The largest absolute Gasteiger partial charge is 0.490 e. The second kappa shape index (κ2) is 7.09. The van der Waals surface area contributed by atoms with E-state index in [1.807, 2.05) is 12.1 Å². The number of carbonyl (C=O) groups excluding carboxylic acids is 1. The van der Waals surface area contributed by atoms with Crippen molar-refractivity contribution in [1.82, 2.24) is 14.8 Å². The van der Waals surface area contributed by atoms with Gasteiger partial charge in [-0.25, -0.2) is 0 Å². The van der Waals surface area contributed by atoms with Crippen molar-refractivity contribution < 1.29 is 9.53 Å². The summed E-state index contributed by atoms with van der Waals surface area (Å²) in [4.78, 5) is 20.9. The molecule has 24 heavy (non-hydrogen) atoms. The minimum absolute atomic E-state index is 0.320. The van der Waals surface area contributed by atoms with Gasteiger partial charge in [0.15, 0.2) is 0 Å². The highest BCUT2D eigenvalue weighted by Gasteiger charge is 2.36. The topological polar surface area (TPSA) is 45.7 Å². The number of likely N-dealkylation sites (tertiary alicyclic amines) is 2. The summed E-state index contributed by atoms with van der Waals surface area (Å²) in [5, 5.41) is 0. The van der Waals surface area contributed by atoms with Crippen LogP contribution in [0.25, 0.3) is 0 Å². The number of hydrogen-bond acceptors (Lipinski definition) is 4. The normalized spacial score (nSPS) is 24.1. The van der Waals surface area contributed by atoms with E-state index >= 15 is 0 Å². The maximum atomic E-state index is 12.2. The van der Waals surface area contributed by atoms with E-state index in [2.05, 4.69) is 14.8 Å². The van der Waals surface area contributed by atoms with Gasteiger partial charge in [-0.3, -0.25) is 14.7 Å². The Balaban J connectivity index is 1.21. The molecule has 0 N–H and O–H groups in total. The zero-order valence-electron chi connectivity index (χ0n) is 14.3. The van der Waals surface area contributed by atoms with Crippen LogP contribution in [0.15, 0.2) is 24.5 Å². The molecule has 0 unspecified atom stereocenters. The number of hydrogen-bond donors (Lipinski definition) is 0. The van der Waals surface area contributed by atoms with Gasteiger partial charge in [-0.05, 0) is 50.7 Å². The molecule has 0 radical (unpaired) electrons. The average Bonchev–Trinajstić information content (AvgIpc) is 3.48. The third kappa shape index (κ3) is 3.72. The summed E-state index contributed by atoms with van der Waals surface area (Å²) in [6.07, 6.45) is 10.5. The molecule has 4 rings (SSSR count). The van der Waals surface area contributed by atoms with E-state index in [0.717, 1.165) is 70.5 Å². The monoisotopic (exact) mass is 329 g/mol. The Labute approximate surface area is 144 Å². The van der Waals surface area contributed by atoms with Gasteiger partial charge in [-0.1, -0.05) is 0 Å². The molecule has 0 aromatic carbocycles. The fourth-order valence-corrected chi connectivity index (χ4v) is 4.01. The lowest BCUT2D eigenvalue weighted by atomic mass is 9.98. The number of nitrogens with zero attached hydrogens (tertiary/aromatic N) is 3. The smallest absolute Gasteiger partial charge is 0.225 e. The third-order valence-electron chi connectivity index (χ3n) is 5.65. The van der Waals surface area contributed by atoms with Crippen LogP contribution in [0.1, 0.15) is 38.5 Å². The Kier molecular flexibility index (Phi) is 4.69. The maximum Gasteiger partial charge on any atom is 0.225 e. The van der Waals surface area contributed by atoms with Crippen LogP contribution in [0.4, 0.5) is 0 Å². The minimum Gasteiger partial charge on any atom is -0.490 e. The van der Waals surface area contributed by atoms with E-state index in [4.69, 9.17) is 4.74 Å². The van der Waals surface area contributed by atoms with Crippen molar-refractivity contribution in [2.75, 3.05) is 26.2 Å². The molecule has 0 atom stereocenters. The van der Waals surface area contributed by atoms with Gasteiger partial charge in [-0.2, -0.15) is 0 Å². The molecule has 1 amide bonds. The predicted molar refractivity (Wildman–Crippen MR) is 91.8 cm³/mol. The van der Waals surface area contributed by atoms with Gasteiger partial charge < -0.3 is 9.64 Å². The van der Waals surface area contributed by atoms with E-state index in [-0.39, 0.29) is 0 Å². The molecule has 5 nitrogen and oxygen atoms in total. The van der Waals surface area contributed by atoms with Crippen LogP contribution in [0.5, 0.6) is 5.75 Å². The summed E-state index contributed by atoms with van der Waals surface area (Å²) in [6, 6.07) is 4.51. The zero-order valence-corrected chi connectivity index (χ0v) is 14.3. The van der Waals surface area contributed by atoms with Crippen molar-refractivity contribution in [3.05, 3.63) is 24.5 Å². The number of rotatable bonds is 4. The predicted octanol–water partition coefficient (Wildman–Crippen LogP) is 2.33. The number of carbonyl (C=O) groups is 1. The number of amides is 1. The van der Waals surface area contributed by atoms with Crippen LogP contribution in [0, 0.1) is 5.92 Å². The van der Waals surface area contributed by atoms with Crippen LogP contribution < -0.4 is 4.74 Å². The van der Waals surface area contributed by atoms with Gasteiger partial charge in [0.2, 0.25) is 5.91 Å². The minimum atomic E-state index is 0.320. The fraction of sp³-hybridized carbons (Fsp3) is 0.684. The quantitative estimate of drug-likeness (QED) is 0.850. The van der Waals surface area contributed by atoms with Gasteiger partial charge in [0.1, 0.15) is 11.9 Å². The van der Waals surface area contributed by atoms with E-state index < -0.39 is 0 Å². The van der Waals surface area contributed by atoms with Gasteiger partial charge in [0, 0.05) is 50.5 Å². The maximum absolute atomic E-state index is 12.2. The second-order valence-electron chi connectivity index (χ2n) is 7.37. The van der Waals surface area contributed by atoms with Crippen molar-refractivity contribution >= 4 is 5.91 Å². The summed E-state index contributed by atoms with van der Waals surface area (Å²) in [5.41, 5.74) is 0. The molecular weight excluding hydrogens is 302 g/mol. The molecular formula is C19H27N3O2. The number of ether oxygens (including phenoxy) is 1. The second-order valence-corrected chi connectivity index (χ2v) is 7.37. The highest BCUT2D eigenvalue weighted by molar-refractivity contribution is 5.81. The molecule has 0 bridgehead atoms. The molecule has 3 fully saturated rings. The van der Waals surface area contributed by atoms with Gasteiger partial charge in [0.25, 0.3) is 0 Å². The molecule has 1 aromatic heterocycles. The molecule has 3 heterocycles. The third-order valence-corrected chi connectivity index (χ3v) is 5.65. The lowest BCUT2D eigenvalue weighted by Crippen LogP contribution is -2.50. The van der Waals surface area contributed by atoms with Gasteiger partial charge in [-0.15, -0.1) is 0 Å². The van der Waals surface area contributed by atoms with Crippen molar-refractivity contribution in [3.63, 3.8) is 0 Å². The average molecular weight is 329 g/mol. The molecule has 2 saturated heterocycles. The highest BCUT2D eigenvalue weighted by Crippen LogP contribution is 2.32. The first-order chi connectivity index (χ1) is 11.8. The summed E-state index contributed by atoms with van der Waals surface area (Å²) in [5.74, 6) is 1.70. The fourth-order valence-electron chi connectivity index (χ4n) is 4.01. The first-order valence-electron chi connectivity index (χ1n) is 9.39.